The zero-order valence-corrected chi connectivity index (χ0v) is 13.4. The molecule has 2 rings (SSSR count). The van der Waals surface area contributed by atoms with Crippen molar-refractivity contribution in [2.45, 2.75) is 32.3 Å². The number of rotatable bonds is 2. The molecule has 1 unspecified atom stereocenters. The molecular formula is C17H18BrFO. The van der Waals surface area contributed by atoms with Gasteiger partial charge in [-0.25, -0.2) is 4.39 Å². The molecule has 2 aromatic rings. The van der Waals surface area contributed by atoms with Crippen molar-refractivity contribution < 1.29 is 9.50 Å². The summed E-state index contributed by atoms with van der Waals surface area (Å²) < 4.78 is 13.6. The van der Waals surface area contributed by atoms with E-state index >= 15 is 0 Å². The normalized spacial score (nSPS) is 13.3. The number of aliphatic hydroxyl groups excluding tert-OH is 1. The van der Waals surface area contributed by atoms with E-state index in [4.69, 9.17) is 0 Å². The SMILES string of the molecule is CC(C)(C)c1ccc(C(O)c2ccc(F)c(Br)c2)cc1. The lowest BCUT2D eigenvalue weighted by Crippen LogP contribution is -2.11. The molecule has 0 aliphatic rings. The molecule has 0 fully saturated rings. The van der Waals surface area contributed by atoms with E-state index in [1.165, 1.54) is 11.6 Å². The van der Waals surface area contributed by atoms with Crippen LogP contribution >= 0.6 is 15.9 Å². The lowest BCUT2D eigenvalue weighted by Gasteiger charge is -2.20. The fourth-order valence-corrected chi connectivity index (χ4v) is 2.44. The van der Waals surface area contributed by atoms with Crippen LogP contribution in [0.2, 0.25) is 0 Å². The van der Waals surface area contributed by atoms with Gasteiger partial charge in [0, 0.05) is 0 Å². The van der Waals surface area contributed by atoms with Crippen LogP contribution in [0, 0.1) is 5.82 Å². The van der Waals surface area contributed by atoms with Crippen LogP contribution in [0.4, 0.5) is 4.39 Å². The van der Waals surface area contributed by atoms with E-state index in [9.17, 15) is 9.50 Å². The Labute approximate surface area is 127 Å². The highest BCUT2D eigenvalue weighted by atomic mass is 79.9. The van der Waals surface area contributed by atoms with Gasteiger partial charge in [-0.1, -0.05) is 51.1 Å². The van der Waals surface area contributed by atoms with Crippen LogP contribution in [0.25, 0.3) is 0 Å². The van der Waals surface area contributed by atoms with Crippen molar-refractivity contribution in [3.63, 3.8) is 0 Å². The quantitative estimate of drug-likeness (QED) is 0.821. The summed E-state index contributed by atoms with van der Waals surface area (Å²) in [6.45, 7) is 6.44. The Balaban J connectivity index is 2.29. The van der Waals surface area contributed by atoms with Gasteiger partial charge < -0.3 is 5.11 Å². The van der Waals surface area contributed by atoms with Gasteiger partial charge in [0.15, 0.2) is 0 Å². The van der Waals surface area contributed by atoms with Gasteiger partial charge in [0.05, 0.1) is 4.47 Å². The van der Waals surface area contributed by atoms with Crippen molar-refractivity contribution in [2.24, 2.45) is 0 Å². The van der Waals surface area contributed by atoms with Gasteiger partial charge in [0.25, 0.3) is 0 Å². The minimum absolute atomic E-state index is 0.0857. The zero-order valence-electron chi connectivity index (χ0n) is 11.8. The lowest BCUT2D eigenvalue weighted by atomic mass is 9.86. The molecule has 0 saturated carbocycles. The summed E-state index contributed by atoms with van der Waals surface area (Å²) >= 11 is 3.14. The van der Waals surface area contributed by atoms with Crippen LogP contribution in [0.15, 0.2) is 46.9 Å². The lowest BCUT2D eigenvalue weighted by molar-refractivity contribution is 0.220. The fraction of sp³-hybridized carbons (Fsp3) is 0.294. The third-order valence-corrected chi connectivity index (χ3v) is 3.96. The number of halogens is 2. The summed E-state index contributed by atoms with van der Waals surface area (Å²) in [5.74, 6) is -0.330. The Bertz CT molecular complexity index is 599. The number of benzene rings is 2. The first-order valence-electron chi connectivity index (χ1n) is 6.52. The predicted molar refractivity (Wildman–Crippen MR) is 83.3 cm³/mol. The Morgan fingerprint density at radius 3 is 2.05 bits per heavy atom. The summed E-state index contributed by atoms with van der Waals surface area (Å²) in [6, 6.07) is 12.4. The molecule has 1 atom stereocenters. The Morgan fingerprint density at radius 1 is 1.00 bits per heavy atom. The van der Waals surface area contributed by atoms with Gasteiger partial charge >= 0.3 is 0 Å². The third kappa shape index (κ3) is 3.28. The van der Waals surface area contributed by atoms with Crippen molar-refractivity contribution in [1.82, 2.24) is 0 Å². The van der Waals surface area contributed by atoms with Gasteiger partial charge in [0.1, 0.15) is 11.9 Å². The molecule has 3 heteroatoms. The van der Waals surface area contributed by atoms with Crippen LogP contribution in [-0.4, -0.2) is 5.11 Å². The van der Waals surface area contributed by atoms with E-state index in [1.807, 2.05) is 24.3 Å². The molecular weight excluding hydrogens is 319 g/mol. The molecule has 0 spiro atoms. The molecule has 0 aromatic heterocycles. The molecule has 106 valence electrons. The fourth-order valence-electron chi connectivity index (χ4n) is 2.04. The van der Waals surface area contributed by atoms with Gasteiger partial charge in [-0.15, -0.1) is 0 Å². The first-order chi connectivity index (χ1) is 9.29. The minimum Gasteiger partial charge on any atom is -0.384 e. The van der Waals surface area contributed by atoms with E-state index in [0.717, 1.165) is 5.56 Å². The van der Waals surface area contributed by atoms with Gasteiger partial charge in [0.2, 0.25) is 0 Å². The van der Waals surface area contributed by atoms with Crippen molar-refractivity contribution in [3.8, 4) is 0 Å². The molecule has 20 heavy (non-hydrogen) atoms. The molecule has 0 aliphatic carbocycles. The number of aliphatic hydroxyl groups is 1. The first-order valence-corrected chi connectivity index (χ1v) is 7.32. The predicted octanol–water partition coefficient (Wildman–Crippen LogP) is 4.97. The zero-order chi connectivity index (χ0) is 14.9. The smallest absolute Gasteiger partial charge is 0.137 e. The topological polar surface area (TPSA) is 20.2 Å². The third-order valence-electron chi connectivity index (χ3n) is 3.35. The Hall–Kier alpha value is -1.19. The van der Waals surface area contributed by atoms with Crippen molar-refractivity contribution in [2.75, 3.05) is 0 Å². The summed E-state index contributed by atoms with van der Waals surface area (Å²) in [5.41, 5.74) is 2.77. The van der Waals surface area contributed by atoms with Crippen LogP contribution in [0.5, 0.6) is 0 Å². The van der Waals surface area contributed by atoms with E-state index in [0.29, 0.717) is 10.0 Å². The summed E-state index contributed by atoms with van der Waals surface area (Å²) in [7, 11) is 0. The second-order valence-corrected chi connectivity index (χ2v) is 6.80. The molecule has 0 radical (unpaired) electrons. The van der Waals surface area contributed by atoms with Gasteiger partial charge in [-0.3, -0.25) is 0 Å². The molecule has 0 aliphatic heterocycles. The molecule has 0 amide bonds. The monoisotopic (exact) mass is 336 g/mol. The highest BCUT2D eigenvalue weighted by Gasteiger charge is 2.16. The van der Waals surface area contributed by atoms with Gasteiger partial charge in [-0.2, -0.15) is 0 Å². The van der Waals surface area contributed by atoms with E-state index in [1.54, 1.807) is 12.1 Å². The van der Waals surface area contributed by atoms with Gasteiger partial charge in [-0.05, 0) is 50.2 Å². The Kier molecular flexibility index (Phi) is 4.31. The maximum Gasteiger partial charge on any atom is 0.137 e. The maximum absolute atomic E-state index is 13.2. The second-order valence-electron chi connectivity index (χ2n) is 5.95. The highest BCUT2D eigenvalue weighted by molar-refractivity contribution is 9.10. The van der Waals surface area contributed by atoms with Crippen LogP contribution in [0.3, 0.4) is 0 Å². The van der Waals surface area contributed by atoms with Crippen molar-refractivity contribution in [3.05, 3.63) is 69.4 Å². The molecule has 2 aromatic carbocycles. The molecule has 0 bridgehead atoms. The summed E-state index contributed by atoms with van der Waals surface area (Å²) in [5, 5.41) is 10.4. The van der Waals surface area contributed by atoms with Crippen molar-refractivity contribution >= 4 is 15.9 Å². The average Bonchev–Trinajstić information content (AvgIpc) is 2.40. The minimum atomic E-state index is -0.749. The Morgan fingerprint density at radius 2 is 1.55 bits per heavy atom. The van der Waals surface area contributed by atoms with E-state index in [-0.39, 0.29) is 11.2 Å². The average molecular weight is 337 g/mol. The molecule has 1 nitrogen and oxygen atoms in total. The second kappa shape index (κ2) is 5.66. The molecule has 0 saturated heterocycles. The largest absolute Gasteiger partial charge is 0.384 e. The van der Waals surface area contributed by atoms with Crippen LogP contribution < -0.4 is 0 Å². The first kappa shape index (κ1) is 15.2. The molecule has 1 N–H and O–H groups in total. The standard InChI is InChI=1S/C17H18BrFO/c1-17(2,3)13-7-4-11(5-8-13)16(20)12-6-9-15(19)14(18)10-12/h4-10,16,20H,1-3H3. The van der Waals surface area contributed by atoms with E-state index in [2.05, 4.69) is 36.7 Å². The van der Waals surface area contributed by atoms with E-state index < -0.39 is 6.10 Å². The van der Waals surface area contributed by atoms with Crippen molar-refractivity contribution in [1.29, 1.82) is 0 Å². The number of hydrogen-bond acceptors (Lipinski definition) is 1. The molecule has 0 heterocycles. The van der Waals surface area contributed by atoms with Crippen LogP contribution in [-0.2, 0) is 5.41 Å². The maximum atomic E-state index is 13.2. The summed E-state index contributed by atoms with van der Waals surface area (Å²) in [6.07, 6.45) is -0.749. The highest BCUT2D eigenvalue weighted by Crippen LogP contribution is 2.28. The summed E-state index contributed by atoms with van der Waals surface area (Å²) in [4.78, 5) is 0. The van der Waals surface area contributed by atoms with Crippen LogP contribution in [0.1, 0.15) is 43.6 Å². The number of hydrogen-bond donors (Lipinski definition) is 1.